The van der Waals surface area contributed by atoms with Crippen molar-refractivity contribution in [3.05, 3.63) is 12.3 Å². The zero-order chi connectivity index (χ0) is 28.0. The first-order valence-corrected chi connectivity index (χ1v) is 16.0. The molecule has 1 fully saturated rings. The first kappa shape index (κ1) is 35.1. The maximum atomic E-state index is 12.5. The molecule has 0 radical (unpaired) electrons. The largest absolute Gasteiger partial charge is 0.394 e. The first-order chi connectivity index (χ1) is 18.4. The topological polar surface area (TPSA) is 88.0 Å². The summed E-state index contributed by atoms with van der Waals surface area (Å²) in [7, 11) is 0. The van der Waals surface area contributed by atoms with Gasteiger partial charge in [-0.15, -0.1) is 0 Å². The van der Waals surface area contributed by atoms with Crippen molar-refractivity contribution in [3.63, 3.8) is 0 Å². The van der Waals surface area contributed by atoms with E-state index in [1.54, 1.807) is 0 Å². The lowest BCUT2D eigenvalue weighted by molar-refractivity contribution is -0.202. The molecule has 0 spiro atoms. The Morgan fingerprint density at radius 3 is 1.87 bits per heavy atom. The molecule has 5 unspecified atom stereocenters. The summed E-state index contributed by atoms with van der Waals surface area (Å²) in [6.45, 7) is 10.8. The van der Waals surface area contributed by atoms with Crippen LogP contribution in [-0.4, -0.2) is 59.7 Å². The predicted octanol–water partition coefficient (Wildman–Crippen LogP) is 7.00. The fourth-order valence-electron chi connectivity index (χ4n) is 5.39. The molecule has 5 atom stereocenters. The van der Waals surface area contributed by atoms with Gasteiger partial charge in [-0.25, -0.2) is 0 Å². The lowest BCUT2D eigenvalue weighted by Gasteiger charge is -2.44. The van der Waals surface area contributed by atoms with Crippen LogP contribution in [0.2, 0.25) is 0 Å². The molecule has 6 nitrogen and oxygen atoms in total. The molecule has 1 aliphatic rings. The Hall–Kier alpha value is -0.950. The number of ether oxygens (including phenoxy) is 2. The van der Waals surface area contributed by atoms with Crippen molar-refractivity contribution in [2.45, 2.75) is 173 Å². The Kier molecular flexibility index (Phi) is 21.1. The maximum Gasteiger partial charge on any atom is 0.138 e. The number of ketones is 1. The highest BCUT2D eigenvalue weighted by molar-refractivity contribution is 5.80. The van der Waals surface area contributed by atoms with Gasteiger partial charge in [-0.05, 0) is 19.8 Å². The minimum atomic E-state index is -0.937. The van der Waals surface area contributed by atoms with Gasteiger partial charge in [0.1, 0.15) is 24.1 Å². The second-order valence-corrected chi connectivity index (χ2v) is 11.4. The Bertz CT molecular complexity index is 598. The first-order valence-electron chi connectivity index (χ1n) is 16.0. The van der Waals surface area contributed by atoms with Crippen LogP contribution in [0.5, 0.6) is 0 Å². The van der Waals surface area contributed by atoms with E-state index < -0.39 is 18.3 Å². The maximum absolute atomic E-state index is 12.5. The summed E-state index contributed by atoms with van der Waals surface area (Å²) in [6.07, 6.45) is 19.3. The van der Waals surface area contributed by atoms with E-state index in [0.29, 0.717) is 18.7 Å². The molecule has 6 heteroatoms. The third kappa shape index (κ3) is 15.6. The summed E-state index contributed by atoms with van der Waals surface area (Å²) in [4.78, 5) is 12.5. The van der Waals surface area contributed by atoms with Crippen molar-refractivity contribution in [3.8, 4) is 0 Å². The van der Waals surface area contributed by atoms with Gasteiger partial charge in [0, 0.05) is 25.1 Å². The van der Waals surface area contributed by atoms with Crippen LogP contribution >= 0.6 is 0 Å². The van der Waals surface area contributed by atoms with E-state index in [4.69, 9.17) is 9.47 Å². The van der Waals surface area contributed by atoms with E-state index in [1.807, 2.05) is 6.92 Å². The van der Waals surface area contributed by atoms with Gasteiger partial charge in [-0.3, -0.25) is 4.79 Å². The number of unbranched alkanes of at least 4 members (excludes halogenated alkanes) is 15. The van der Waals surface area contributed by atoms with Gasteiger partial charge < -0.3 is 25.0 Å². The molecule has 0 aromatic heterocycles. The molecule has 0 amide bonds. The molecule has 0 saturated carbocycles. The predicted molar refractivity (Wildman–Crippen MR) is 157 cm³/mol. The number of nitrogens with one attached hydrogen (secondary N) is 1. The zero-order valence-corrected chi connectivity index (χ0v) is 25.1. The van der Waals surface area contributed by atoms with Gasteiger partial charge in [0.05, 0.1) is 18.8 Å². The molecule has 0 aromatic rings. The van der Waals surface area contributed by atoms with Crippen LogP contribution in [0.15, 0.2) is 12.3 Å². The number of aliphatic hydroxyl groups is 2. The number of allylic oxidation sites excluding steroid dienone is 1. The number of hydrogen-bond donors (Lipinski definition) is 3. The summed E-state index contributed by atoms with van der Waals surface area (Å²) in [5, 5.41) is 23.8. The standard InChI is InChI=1S/C32H61NO5/c1-5-7-9-11-13-15-16-18-20-22-28(35)24-26(3)33-30-27(4)38-29(25-34)31(36)32(30)37-23-21-19-17-14-12-10-8-6-2/h27,29-34,36H,3,5-25H2,1-2,4H3. The van der Waals surface area contributed by atoms with Crippen molar-refractivity contribution >= 4 is 5.78 Å². The molecular weight excluding hydrogens is 478 g/mol. The van der Waals surface area contributed by atoms with Crippen molar-refractivity contribution < 1.29 is 24.5 Å². The van der Waals surface area contributed by atoms with Crippen molar-refractivity contribution in [1.82, 2.24) is 5.32 Å². The normalized spacial score (nSPS) is 23.4. The lowest BCUT2D eigenvalue weighted by atomic mass is 9.92. The molecule has 1 heterocycles. The molecule has 224 valence electrons. The van der Waals surface area contributed by atoms with Crippen molar-refractivity contribution in [2.75, 3.05) is 13.2 Å². The van der Waals surface area contributed by atoms with Crippen molar-refractivity contribution in [1.29, 1.82) is 0 Å². The summed E-state index contributed by atoms with van der Waals surface area (Å²) < 4.78 is 12.0. The molecular formula is C32H61NO5. The fourth-order valence-corrected chi connectivity index (χ4v) is 5.39. The monoisotopic (exact) mass is 539 g/mol. The van der Waals surface area contributed by atoms with Crippen LogP contribution in [-0.2, 0) is 14.3 Å². The van der Waals surface area contributed by atoms with E-state index >= 15 is 0 Å². The second-order valence-electron chi connectivity index (χ2n) is 11.4. The van der Waals surface area contributed by atoms with Crippen LogP contribution in [0, 0.1) is 0 Å². The van der Waals surface area contributed by atoms with Crippen LogP contribution in [0.4, 0.5) is 0 Å². The van der Waals surface area contributed by atoms with Crippen LogP contribution in [0.1, 0.15) is 143 Å². The van der Waals surface area contributed by atoms with E-state index in [0.717, 1.165) is 25.7 Å². The van der Waals surface area contributed by atoms with E-state index in [9.17, 15) is 15.0 Å². The second kappa shape index (κ2) is 22.8. The van der Waals surface area contributed by atoms with Gasteiger partial charge in [-0.2, -0.15) is 0 Å². The zero-order valence-electron chi connectivity index (χ0n) is 25.1. The minimum Gasteiger partial charge on any atom is -0.394 e. The average molecular weight is 540 g/mol. The summed E-state index contributed by atoms with van der Waals surface area (Å²) >= 11 is 0. The van der Waals surface area contributed by atoms with Crippen LogP contribution < -0.4 is 5.32 Å². The highest BCUT2D eigenvalue weighted by atomic mass is 16.6. The van der Waals surface area contributed by atoms with Gasteiger partial charge in [0.15, 0.2) is 0 Å². The molecule has 0 aliphatic carbocycles. The van der Waals surface area contributed by atoms with E-state index in [1.165, 1.54) is 83.5 Å². The van der Waals surface area contributed by atoms with Gasteiger partial charge in [-0.1, -0.05) is 117 Å². The third-order valence-electron chi connectivity index (χ3n) is 7.80. The minimum absolute atomic E-state index is 0.194. The van der Waals surface area contributed by atoms with Gasteiger partial charge in [0.25, 0.3) is 0 Å². The van der Waals surface area contributed by atoms with Crippen LogP contribution in [0.25, 0.3) is 0 Å². The lowest BCUT2D eigenvalue weighted by Crippen LogP contribution is -2.63. The van der Waals surface area contributed by atoms with Crippen LogP contribution in [0.3, 0.4) is 0 Å². The molecule has 3 N–H and O–H groups in total. The van der Waals surface area contributed by atoms with E-state index in [2.05, 4.69) is 25.7 Å². The number of hydrogen-bond acceptors (Lipinski definition) is 6. The Morgan fingerprint density at radius 2 is 1.34 bits per heavy atom. The van der Waals surface area contributed by atoms with Crippen molar-refractivity contribution in [2.24, 2.45) is 0 Å². The quantitative estimate of drug-likeness (QED) is 0.108. The average Bonchev–Trinajstić information content (AvgIpc) is 2.89. The number of Topliss-reactive ketones (excluding diaryl/α,β-unsaturated/α-hetero) is 1. The highest BCUT2D eigenvalue weighted by Crippen LogP contribution is 2.25. The number of rotatable bonds is 25. The van der Waals surface area contributed by atoms with Gasteiger partial charge in [0.2, 0.25) is 0 Å². The summed E-state index contributed by atoms with van der Waals surface area (Å²) in [5.41, 5.74) is 0.640. The molecule has 38 heavy (non-hydrogen) atoms. The molecule has 1 rings (SSSR count). The Labute approximate surface area is 234 Å². The number of carbonyl (C=O) groups excluding carboxylic acids is 1. The number of carbonyl (C=O) groups is 1. The molecule has 1 aliphatic heterocycles. The highest BCUT2D eigenvalue weighted by Gasteiger charge is 2.44. The number of aliphatic hydroxyl groups excluding tert-OH is 2. The summed E-state index contributed by atoms with van der Waals surface area (Å²) in [5.74, 6) is 0.194. The third-order valence-corrected chi connectivity index (χ3v) is 7.80. The Morgan fingerprint density at radius 1 is 0.842 bits per heavy atom. The molecule has 0 bridgehead atoms. The van der Waals surface area contributed by atoms with Gasteiger partial charge >= 0.3 is 0 Å². The summed E-state index contributed by atoms with van der Waals surface area (Å²) in [6, 6.07) is -0.324. The SMILES string of the molecule is C=C(CC(=O)CCCCCCCCCCC)NC1C(C)OC(CO)C(O)C1OCCCCCCCCCC. The molecule has 0 aromatic carbocycles. The Balaban J connectivity index is 2.37. The fraction of sp³-hybridized carbons (Fsp3) is 0.906. The smallest absolute Gasteiger partial charge is 0.138 e. The molecule has 1 saturated heterocycles. The van der Waals surface area contributed by atoms with E-state index in [-0.39, 0.29) is 31.0 Å².